The van der Waals surface area contributed by atoms with Gasteiger partial charge in [-0.05, 0) is 31.0 Å². The fourth-order valence-electron chi connectivity index (χ4n) is 2.31. The molecule has 1 unspecified atom stereocenters. The molecule has 1 aromatic carbocycles. The van der Waals surface area contributed by atoms with Gasteiger partial charge in [0.1, 0.15) is 11.4 Å². The predicted octanol–water partition coefficient (Wildman–Crippen LogP) is 2.30. The molecule has 1 atom stereocenters. The zero-order chi connectivity index (χ0) is 14.9. The maximum Gasteiger partial charge on any atom is 0.175 e. The van der Waals surface area contributed by atoms with E-state index in [-0.39, 0.29) is 6.10 Å². The highest BCUT2D eigenvalue weighted by molar-refractivity contribution is 7.99. The summed E-state index contributed by atoms with van der Waals surface area (Å²) < 4.78 is 29.0. The third kappa shape index (κ3) is 3.36. The molecule has 0 amide bonds. The lowest BCUT2D eigenvalue weighted by Crippen LogP contribution is -2.08. The van der Waals surface area contributed by atoms with E-state index in [1.54, 1.807) is 30.0 Å². The molecule has 1 fully saturated rings. The molecule has 0 radical (unpaired) electrons. The average molecular weight is 324 g/mol. The van der Waals surface area contributed by atoms with Gasteiger partial charge in [0.15, 0.2) is 9.84 Å². The van der Waals surface area contributed by atoms with Crippen LogP contribution in [0.5, 0.6) is 0 Å². The maximum atomic E-state index is 11.7. The van der Waals surface area contributed by atoms with Crippen LogP contribution in [-0.4, -0.2) is 43.1 Å². The monoisotopic (exact) mass is 324 g/mol. The van der Waals surface area contributed by atoms with Gasteiger partial charge in [0, 0.05) is 24.0 Å². The van der Waals surface area contributed by atoms with Gasteiger partial charge >= 0.3 is 0 Å². The van der Waals surface area contributed by atoms with Crippen LogP contribution in [0.3, 0.4) is 0 Å². The molecule has 1 aliphatic heterocycles. The van der Waals surface area contributed by atoms with Gasteiger partial charge in [-0.1, -0.05) is 0 Å². The van der Waals surface area contributed by atoms with Crippen LogP contribution in [0.1, 0.15) is 12.8 Å². The summed E-state index contributed by atoms with van der Waals surface area (Å²) in [6, 6.07) is 4.96. The molecule has 0 aliphatic carbocycles. The zero-order valence-corrected chi connectivity index (χ0v) is 13.3. The largest absolute Gasteiger partial charge is 0.377 e. The van der Waals surface area contributed by atoms with E-state index in [4.69, 9.17) is 4.74 Å². The fourth-order valence-corrected chi connectivity index (χ4v) is 4.00. The number of aromatic nitrogens is 2. The van der Waals surface area contributed by atoms with Crippen LogP contribution in [0.4, 0.5) is 0 Å². The van der Waals surface area contributed by atoms with Gasteiger partial charge in [-0.3, -0.25) is 0 Å². The Morgan fingerprint density at radius 2 is 2.24 bits per heavy atom. The smallest absolute Gasteiger partial charge is 0.175 e. The summed E-state index contributed by atoms with van der Waals surface area (Å²) in [5, 5.41) is 1.59. The molecular weight excluding hydrogens is 308 g/mol. The Morgan fingerprint density at radius 1 is 1.38 bits per heavy atom. The summed E-state index contributed by atoms with van der Waals surface area (Å²) in [5.41, 5.74) is 0.757. The first kappa shape index (κ1) is 14.7. The van der Waals surface area contributed by atoms with Gasteiger partial charge in [-0.2, -0.15) is 0 Å². The van der Waals surface area contributed by atoms with Crippen molar-refractivity contribution in [2.75, 3.05) is 18.6 Å². The predicted molar refractivity (Wildman–Crippen MR) is 82.3 cm³/mol. The SMILES string of the molecule is CS(=O)(=O)c1ccc2ncnc(SCC3CCCO3)c2c1. The first-order chi connectivity index (χ1) is 10.0. The minimum absolute atomic E-state index is 0.262. The van der Waals surface area contributed by atoms with Crippen molar-refractivity contribution in [3.05, 3.63) is 24.5 Å². The minimum Gasteiger partial charge on any atom is -0.377 e. The highest BCUT2D eigenvalue weighted by Crippen LogP contribution is 2.29. The number of hydrogen-bond donors (Lipinski definition) is 0. The number of nitrogens with zero attached hydrogens (tertiary/aromatic N) is 2. The third-order valence-corrected chi connectivity index (χ3v) is 5.68. The minimum atomic E-state index is -3.23. The lowest BCUT2D eigenvalue weighted by Gasteiger charge is -2.10. The van der Waals surface area contributed by atoms with Gasteiger partial charge < -0.3 is 4.74 Å². The van der Waals surface area contributed by atoms with E-state index in [0.717, 1.165) is 41.1 Å². The summed E-state index contributed by atoms with van der Waals surface area (Å²) in [4.78, 5) is 8.78. The van der Waals surface area contributed by atoms with Crippen molar-refractivity contribution < 1.29 is 13.2 Å². The molecule has 2 heterocycles. The van der Waals surface area contributed by atoms with Crippen molar-refractivity contribution in [1.29, 1.82) is 0 Å². The highest BCUT2D eigenvalue weighted by atomic mass is 32.2. The van der Waals surface area contributed by atoms with Crippen LogP contribution >= 0.6 is 11.8 Å². The van der Waals surface area contributed by atoms with Gasteiger partial charge in [0.05, 0.1) is 16.5 Å². The van der Waals surface area contributed by atoms with Crippen LogP contribution in [0.2, 0.25) is 0 Å². The Morgan fingerprint density at radius 3 is 2.95 bits per heavy atom. The van der Waals surface area contributed by atoms with Gasteiger partial charge in [-0.15, -0.1) is 11.8 Å². The first-order valence-corrected chi connectivity index (χ1v) is 9.61. The summed E-state index contributed by atoms with van der Waals surface area (Å²) >= 11 is 1.60. The molecule has 21 heavy (non-hydrogen) atoms. The van der Waals surface area contributed by atoms with Crippen molar-refractivity contribution in [2.24, 2.45) is 0 Å². The van der Waals surface area contributed by atoms with Crippen LogP contribution in [0, 0.1) is 0 Å². The van der Waals surface area contributed by atoms with E-state index in [0.29, 0.717) is 4.90 Å². The number of benzene rings is 1. The normalized spacial score (nSPS) is 19.2. The molecule has 0 saturated carbocycles. The van der Waals surface area contributed by atoms with Crippen LogP contribution in [0.25, 0.3) is 10.9 Å². The van der Waals surface area contributed by atoms with Crippen LogP contribution in [-0.2, 0) is 14.6 Å². The van der Waals surface area contributed by atoms with E-state index in [9.17, 15) is 8.42 Å². The lowest BCUT2D eigenvalue weighted by atomic mass is 10.2. The number of sulfone groups is 1. The number of fused-ring (bicyclic) bond motifs is 1. The summed E-state index contributed by atoms with van der Waals surface area (Å²) in [6.45, 7) is 0.827. The van der Waals surface area contributed by atoms with Crippen LogP contribution < -0.4 is 0 Å². The molecule has 0 N–H and O–H groups in total. The standard InChI is InChI=1S/C14H16N2O3S2/c1-21(17,18)11-4-5-13-12(7-11)14(16-9-15-13)20-8-10-3-2-6-19-10/h4-5,7,9-10H,2-3,6,8H2,1H3. The van der Waals surface area contributed by atoms with Crippen molar-refractivity contribution in [1.82, 2.24) is 9.97 Å². The summed E-state index contributed by atoms with van der Waals surface area (Å²) in [6.07, 6.45) is 5.16. The maximum absolute atomic E-state index is 11.7. The van der Waals surface area contributed by atoms with Crippen molar-refractivity contribution >= 4 is 32.5 Å². The number of thioether (sulfide) groups is 1. The Hall–Kier alpha value is -1.18. The Balaban J connectivity index is 1.93. The second kappa shape index (κ2) is 5.90. The first-order valence-electron chi connectivity index (χ1n) is 6.73. The number of ether oxygens (including phenoxy) is 1. The molecule has 7 heteroatoms. The number of hydrogen-bond acceptors (Lipinski definition) is 6. The Bertz CT molecular complexity index is 756. The molecule has 1 aliphatic rings. The second-order valence-electron chi connectivity index (χ2n) is 5.08. The second-order valence-corrected chi connectivity index (χ2v) is 8.10. The molecule has 5 nitrogen and oxygen atoms in total. The molecule has 1 aromatic heterocycles. The molecule has 0 spiro atoms. The molecular formula is C14H16N2O3S2. The molecule has 112 valence electrons. The van der Waals surface area contributed by atoms with Gasteiger partial charge in [-0.25, -0.2) is 18.4 Å². The van der Waals surface area contributed by atoms with E-state index < -0.39 is 9.84 Å². The van der Waals surface area contributed by atoms with Gasteiger partial charge in [0.25, 0.3) is 0 Å². The Labute approximate surface area is 128 Å². The van der Waals surface area contributed by atoms with E-state index in [1.807, 2.05) is 0 Å². The number of rotatable bonds is 4. The fraction of sp³-hybridized carbons (Fsp3) is 0.429. The van der Waals surface area contributed by atoms with E-state index >= 15 is 0 Å². The van der Waals surface area contributed by atoms with E-state index in [1.165, 1.54) is 12.6 Å². The molecule has 3 rings (SSSR count). The lowest BCUT2D eigenvalue weighted by molar-refractivity contribution is 0.129. The zero-order valence-electron chi connectivity index (χ0n) is 11.7. The molecule has 2 aromatic rings. The summed E-state index contributed by atoms with van der Waals surface area (Å²) in [7, 11) is -3.23. The molecule has 0 bridgehead atoms. The molecule has 1 saturated heterocycles. The topological polar surface area (TPSA) is 69.2 Å². The van der Waals surface area contributed by atoms with Gasteiger partial charge in [0.2, 0.25) is 0 Å². The van der Waals surface area contributed by atoms with Crippen molar-refractivity contribution in [2.45, 2.75) is 28.9 Å². The van der Waals surface area contributed by atoms with Crippen molar-refractivity contribution in [3.8, 4) is 0 Å². The third-order valence-electron chi connectivity index (χ3n) is 3.43. The highest BCUT2D eigenvalue weighted by Gasteiger charge is 2.17. The average Bonchev–Trinajstić information content (AvgIpc) is 2.96. The Kier molecular flexibility index (Phi) is 4.14. The van der Waals surface area contributed by atoms with E-state index in [2.05, 4.69) is 9.97 Å². The quantitative estimate of drug-likeness (QED) is 0.635. The van der Waals surface area contributed by atoms with Crippen LogP contribution in [0.15, 0.2) is 34.4 Å². The summed E-state index contributed by atoms with van der Waals surface area (Å²) in [5.74, 6) is 0.829. The van der Waals surface area contributed by atoms with Crippen molar-refractivity contribution in [3.63, 3.8) is 0 Å².